The molecule has 3 heterocycles. The van der Waals surface area contributed by atoms with Gasteiger partial charge in [0.05, 0.1) is 6.33 Å². The van der Waals surface area contributed by atoms with E-state index in [0.29, 0.717) is 6.04 Å². The van der Waals surface area contributed by atoms with Gasteiger partial charge in [-0.3, -0.25) is 0 Å². The van der Waals surface area contributed by atoms with E-state index in [1.54, 1.807) is 6.33 Å². The number of aromatic nitrogens is 4. The normalized spacial score (nSPS) is 20.9. The highest BCUT2D eigenvalue weighted by atomic mass is 15.3. The summed E-state index contributed by atoms with van der Waals surface area (Å²) >= 11 is 0. The van der Waals surface area contributed by atoms with E-state index in [1.165, 1.54) is 0 Å². The molecule has 2 aromatic heterocycles. The average Bonchev–Trinajstić information content (AvgIpc) is 2.84. The molecular formula is C15H24N6. The van der Waals surface area contributed by atoms with Gasteiger partial charge < -0.3 is 14.4 Å². The second-order valence-electron chi connectivity index (χ2n) is 5.69. The number of nitrogens with zero attached hydrogens (tertiary/aromatic N) is 6. The van der Waals surface area contributed by atoms with Gasteiger partial charge in [-0.15, -0.1) is 0 Å². The van der Waals surface area contributed by atoms with Gasteiger partial charge in [0, 0.05) is 25.7 Å². The lowest BCUT2D eigenvalue weighted by Crippen LogP contribution is -2.39. The lowest BCUT2D eigenvalue weighted by molar-refractivity contribution is 0.291. The summed E-state index contributed by atoms with van der Waals surface area (Å²) in [6.45, 7) is 11.9. The predicted molar refractivity (Wildman–Crippen MR) is 84.5 cm³/mol. The van der Waals surface area contributed by atoms with Crippen molar-refractivity contribution in [2.24, 2.45) is 0 Å². The standard InChI is InChI=1S/C15H24N6/c1-4-19-7-6-8-21(12(3)9-19)15-13-14(16-10-17-15)20(5-2)11-18-13/h10-12H,4-9H2,1-3H3/t12-/m1/s1. The molecule has 0 amide bonds. The number of aryl methyl sites for hydroxylation is 1. The van der Waals surface area contributed by atoms with Crippen LogP contribution in [0, 0.1) is 0 Å². The van der Waals surface area contributed by atoms with Crippen LogP contribution in [0.2, 0.25) is 0 Å². The van der Waals surface area contributed by atoms with Crippen molar-refractivity contribution in [1.29, 1.82) is 0 Å². The Balaban J connectivity index is 1.97. The van der Waals surface area contributed by atoms with Crippen molar-refractivity contribution in [1.82, 2.24) is 24.4 Å². The number of imidazole rings is 1. The summed E-state index contributed by atoms with van der Waals surface area (Å²) in [5.41, 5.74) is 1.86. The molecule has 0 spiro atoms. The van der Waals surface area contributed by atoms with E-state index in [2.05, 4.69) is 50.1 Å². The van der Waals surface area contributed by atoms with Crippen LogP contribution in [-0.2, 0) is 6.54 Å². The minimum atomic E-state index is 0.442. The van der Waals surface area contributed by atoms with Gasteiger partial charge in [-0.2, -0.15) is 0 Å². The Hall–Kier alpha value is -1.69. The maximum absolute atomic E-state index is 4.55. The molecule has 3 rings (SSSR count). The minimum Gasteiger partial charge on any atom is -0.351 e. The Labute approximate surface area is 125 Å². The van der Waals surface area contributed by atoms with Crippen LogP contribution in [-0.4, -0.2) is 56.6 Å². The number of anilines is 1. The largest absolute Gasteiger partial charge is 0.351 e. The van der Waals surface area contributed by atoms with Gasteiger partial charge in [-0.05, 0) is 33.4 Å². The summed E-state index contributed by atoms with van der Waals surface area (Å²) in [5.74, 6) is 0.984. The maximum atomic E-state index is 4.55. The van der Waals surface area contributed by atoms with Gasteiger partial charge in [0.25, 0.3) is 0 Å². The first-order valence-corrected chi connectivity index (χ1v) is 7.89. The fourth-order valence-corrected chi connectivity index (χ4v) is 3.16. The second-order valence-corrected chi connectivity index (χ2v) is 5.69. The smallest absolute Gasteiger partial charge is 0.165 e. The number of likely N-dealkylation sites (N-methyl/N-ethyl adjacent to an activating group) is 1. The van der Waals surface area contributed by atoms with Gasteiger partial charge >= 0.3 is 0 Å². The molecule has 21 heavy (non-hydrogen) atoms. The van der Waals surface area contributed by atoms with Gasteiger partial charge in [0.15, 0.2) is 17.0 Å². The van der Waals surface area contributed by atoms with Crippen LogP contribution in [0.1, 0.15) is 27.2 Å². The summed E-state index contributed by atoms with van der Waals surface area (Å²) in [5, 5.41) is 0. The lowest BCUT2D eigenvalue weighted by atomic mass is 10.2. The predicted octanol–water partition coefficient (Wildman–Crippen LogP) is 1.77. The fraction of sp³-hybridized carbons (Fsp3) is 0.667. The molecule has 0 unspecified atom stereocenters. The molecule has 6 nitrogen and oxygen atoms in total. The summed E-state index contributed by atoms with van der Waals surface area (Å²) < 4.78 is 2.07. The van der Waals surface area contributed by atoms with Crippen molar-refractivity contribution in [3.8, 4) is 0 Å². The maximum Gasteiger partial charge on any atom is 0.165 e. The molecule has 0 N–H and O–H groups in total. The average molecular weight is 288 g/mol. The molecule has 0 radical (unpaired) electrons. The molecule has 0 aliphatic carbocycles. The molecule has 6 heteroatoms. The molecule has 1 aliphatic rings. The zero-order chi connectivity index (χ0) is 14.8. The Bertz CT molecular complexity index is 607. The molecule has 1 fully saturated rings. The monoisotopic (exact) mass is 288 g/mol. The third-order valence-electron chi connectivity index (χ3n) is 4.37. The molecule has 1 saturated heterocycles. The Morgan fingerprint density at radius 2 is 2.00 bits per heavy atom. The highest BCUT2D eigenvalue weighted by Crippen LogP contribution is 2.25. The Morgan fingerprint density at radius 3 is 2.76 bits per heavy atom. The van der Waals surface area contributed by atoms with Crippen molar-refractivity contribution in [2.75, 3.05) is 31.1 Å². The van der Waals surface area contributed by atoms with Crippen LogP contribution in [0.5, 0.6) is 0 Å². The molecule has 0 bridgehead atoms. The van der Waals surface area contributed by atoms with Crippen LogP contribution >= 0.6 is 0 Å². The van der Waals surface area contributed by atoms with Crippen molar-refractivity contribution in [3.63, 3.8) is 0 Å². The van der Waals surface area contributed by atoms with Gasteiger partial charge in [0.1, 0.15) is 6.33 Å². The van der Waals surface area contributed by atoms with E-state index in [-0.39, 0.29) is 0 Å². The highest BCUT2D eigenvalue weighted by Gasteiger charge is 2.24. The number of hydrogen-bond acceptors (Lipinski definition) is 5. The highest BCUT2D eigenvalue weighted by molar-refractivity contribution is 5.83. The van der Waals surface area contributed by atoms with Crippen molar-refractivity contribution in [2.45, 2.75) is 39.8 Å². The van der Waals surface area contributed by atoms with E-state index < -0.39 is 0 Å². The number of fused-ring (bicyclic) bond motifs is 1. The number of rotatable bonds is 3. The van der Waals surface area contributed by atoms with Crippen molar-refractivity contribution in [3.05, 3.63) is 12.7 Å². The molecule has 1 aliphatic heterocycles. The van der Waals surface area contributed by atoms with Crippen LogP contribution in [0.25, 0.3) is 11.2 Å². The van der Waals surface area contributed by atoms with Gasteiger partial charge in [-0.25, -0.2) is 15.0 Å². The van der Waals surface area contributed by atoms with Crippen LogP contribution < -0.4 is 4.90 Å². The van der Waals surface area contributed by atoms with Gasteiger partial charge in [0.2, 0.25) is 0 Å². The molecule has 0 aromatic carbocycles. The summed E-state index contributed by atoms with van der Waals surface area (Å²) in [7, 11) is 0. The van der Waals surface area contributed by atoms with E-state index in [1.807, 2.05) is 6.33 Å². The zero-order valence-electron chi connectivity index (χ0n) is 13.2. The second kappa shape index (κ2) is 5.97. The Kier molecular flexibility index (Phi) is 4.05. The first kappa shape index (κ1) is 14.3. The fourth-order valence-electron chi connectivity index (χ4n) is 3.16. The third-order valence-corrected chi connectivity index (χ3v) is 4.37. The minimum absolute atomic E-state index is 0.442. The van der Waals surface area contributed by atoms with E-state index in [0.717, 1.165) is 56.1 Å². The first-order chi connectivity index (χ1) is 10.2. The SMILES string of the molecule is CCN1CCCN(c2ncnc3c2ncn3CC)[C@H](C)C1. The first-order valence-electron chi connectivity index (χ1n) is 7.89. The van der Waals surface area contributed by atoms with E-state index in [9.17, 15) is 0 Å². The van der Waals surface area contributed by atoms with Crippen LogP contribution in [0.15, 0.2) is 12.7 Å². The molecule has 2 aromatic rings. The summed E-state index contributed by atoms with van der Waals surface area (Å²) in [6.07, 6.45) is 4.70. The topological polar surface area (TPSA) is 50.1 Å². The van der Waals surface area contributed by atoms with E-state index in [4.69, 9.17) is 0 Å². The number of hydrogen-bond donors (Lipinski definition) is 0. The van der Waals surface area contributed by atoms with Crippen LogP contribution in [0.3, 0.4) is 0 Å². The lowest BCUT2D eigenvalue weighted by Gasteiger charge is -2.29. The third kappa shape index (κ3) is 2.60. The molecule has 0 saturated carbocycles. The molecule has 1 atom stereocenters. The van der Waals surface area contributed by atoms with Gasteiger partial charge in [-0.1, -0.05) is 6.92 Å². The summed E-state index contributed by atoms with van der Waals surface area (Å²) in [4.78, 5) is 18.4. The molecule has 114 valence electrons. The zero-order valence-corrected chi connectivity index (χ0v) is 13.2. The van der Waals surface area contributed by atoms with Crippen LogP contribution in [0.4, 0.5) is 5.82 Å². The van der Waals surface area contributed by atoms with Crippen molar-refractivity contribution < 1.29 is 0 Å². The molecular weight excluding hydrogens is 264 g/mol. The summed E-state index contributed by atoms with van der Waals surface area (Å²) in [6, 6.07) is 0.442. The van der Waals surface area contributed by atoms with E-state index >= 15 is 0 Å². The quantitative estimate of drug-likeness (QED) is 0.861. The van der Waals surface area contributed by atoms with Crippen molar-refractivity contribution >= 4 is 17.0 Å². The Morgan fingerprint density at radius 1 is 1.14 bits per heavy atom.